The third-order valence-electron chi connectivity index (χ3n) is 4.24. The minimum atomic E-state index is -0.349. The molecule has 4 heteroatoms. The van der Waals surface area contributed by atoms with E-state index in [2.05, 4.69) is 0 Å². The zero-order valence-corrected chi connectivity index (χ0v) is 15.3. The second kappa shape index (κ2) is 10.7. The molecule has 134 valence electrons. The predicted molar refractivity (Wildman–Crippen MR) is 92.3 cm³/mol. The fourth-order valence-corrected chi connectivity index (χ4v) is 2.38. The van der Waals surface area contributed by atoms with Gasteiger partial charge in [0.1, 0.15) is 17.9 Å². The van der Waals surface area contributed by atoms with E-state index in [1.54, 1.807) is 0 Å². The second-order valence-corrected chi connectivity index (χ2v) is 8.07. The molecule has 0 saturated carbocycles. The Morgan fingerprint density at radius 1 is 0.826 bits per heavy atom. The quantitative estimate of drug-likeness (QED) is 0.492. The first-order chi connectivity index (χ1) is 10.6. The van der Waals surface area contributed by atoms with Gasteiger partial charge in [-0.15, -0.1) is 0 Å². The van der Waals surface area contributed by atoms with Gasteiger partial charge in [-0.2, -0.15) is 0 Å². The third kappa shape index (κ3) is 12.1. The lowest BCUT2D eigenvalue weighted by Crippen LogP contribution is -2.16. The summed E-state index contributed by atoms with van der Waals surface area (Å²) in [6.45, 7) is 7.86. The summed E-state index contributed by atoms with van der Waals surface area (Å²) in [5, 5.41) is 9.16. The van der Waals surface area contributed by atoms with Gasteiger partial charge in [0.15, 0.2) is 0 Å². The zero-order chi connectivity index (χ0) is 17.9. The van der Waals surface area contributed by atoms with E-state index in [9.17, 15) is 14.4 Å². The van der Waals surface area contributed by atoms with Crippen LogP contribution in [0.15, 0.2) is 0 Å². The lowest BCUT2D eigenvalue weighted by Gasteiger charge is -2.20. The molecule has 0 saturated heterocycles. The number of aliphatic hydroxyl groups is 1. The van der Waals surface area contributed by atoms with E-state index in [0.29, 0.717) is 32.1 Å². The minimum absolute atomic E-state index is 0.120. The van der Waals surface area contributed by atoms with Crippen molar-refractivity contribution in [1.82, 2.24) is 0 Å². The Morgan fingerprint density at radius 2 is 1.26 bits per heavy atom. The molecule has 4 nitrogen and oxygen atoms in total. The molecule has 0 unspecified atom stereocenters. The molecule has 0 aliphatic carbocycles. The molecule has 0 fully saturated rings. The van der Waals surface area contributed by atoms with Gasteiger partial charge < -0.3 is 9.90 Å². The summed E-state index contributed by atoms with van der Waals surface area (Å²) in [6, 6.07) is 0. The summed E-state index contributed by atoms with van der Waals surface area (Å²) in [5.74, 6) is 0.384. The Morgan fingerprint density at radius 3 is 1.70 bits per heavy atom. The van der Waals surface area contributed by atoms with Crippen LogP contribution in [0.2, 0.25) is 0 Å². The lowest BCUT2D eigenvalue weighted by atomic mass is 9.87. The van der Waals surface area contributed by atoms with Gasteiger partial charge in [0.25, 0.3) is 0 Å². The van der Waals surface area contributed by atoms with Crippen LogP contribution < -0.4 is 0 Å². The van der Waals surface area contributed by atoms with E-state index in [-0.39, 0.29) is 29.0 Å². The van der Waals surface area contributed by atoms with Crippen molar-refractivity contribution >= 4 is 17.9 Å². The van der Waals surface area contributed by atoms with Crippen LogP contribution in [0, 0.1) is 10.8 Å². The Balaban J connectivity index is 3.71. The number of hydrogen-bond donors (Lipinski definition) is 1. The fourth-order valence-electron chi connectivity index (χ4n) is 2.38. The van der Waals surface area contributed by atoms with Crippen LogP contribution in [0.1, 0.15) is 85.5 Å². The highest BCUT2D eigenvalue weighted by Crippen LogP contribution is 2.23. The largest absolute Gasteiger partial charge is 0.396 e. The predicted octanol–water partition coefficient (Wildman–Crippen LogP) is 3.88. The van der Waals surface area contributed by atoms with Crippen LogP contribution in [0.4, 0.5) is 0 Å². The summed E-state index contributed by atoms with van der Waals surface area (Å²) >= 11 is 0. The van der Waals surface area contributed by atoms with Gasteiger partial charge in [-0.25, -0.2) is 0 Å². The number of hydrogen-bond acceptors (Lipinski definition) is 4. The van der Waals surface area contributed by atoms with Crippen molar-refractivity contribution in [3.63, 3.8) is 0 Å². The number of Topliss-reactive ketones (excluding diaryl/α,β-unsaturated/α-hetero) is 2. The van der Waals surface area contributed by atoms with Gasteiger partial charge in [0, 0.05) is 37.7 Å². The van der Waals surface area contributed by atoms with Crippen molar-refractivity contribution in [2.75, 3.05) is 6.61 Å². The van der Waals surface area contributed by atoms with E-state index in [1.807, 2.05) is 27.7 Å². The van der Waals surface area contributed by atoms with E-state index in [1.165, 1.54) is 0 Å². The average Bonchev–Trinajstić information content (AvgIpc) is 2.47. The topological polar surface area (TPSA) is 71.4 Å². The standard InChI is InChI=1S/C19H34O4/c1-18(2,14-20)12-6-10-16(22)8-5-9-17(23)11-7-13-19(3,4)15-21/h14,21H,5-13,15H2,1-4H3. The molecule has 0 rings (SSSR count). The molecule has 0 amide bonds. The van der Waals surface area contributed by atoms with E-state index in [4.69, 9.17) is 5.11 Å². The average molecular weight is 326 g/mol. The van der Waals surface area contributed by atoms with Gasteiger partial charge in [0.2, 0.25) is 0 Å². The molecule has 1 N–H and O–H groups in total. The van der Waals surface area contributed by atoms with Crippen molar-refractivity contribution in [3.05, 3.63) is 0 Å². The highest BCUT2D eigenvalue weighted by atomic mass is 16.3. The van der Waals surface area contributed by atoms with Gasteiger partial charge in [-0.3, -0.25) is 9.59 Å². The summed E-state index contributed by atoms with van der Waals surface area (Å²) in [4.78, 5) is 34.3. The Kier molecular flexibility index (Phi) is 10.2. The molecule has 0 atom stereocenters. The normalized spacial score (nSPS) is 12.2. The van der Waals surface area contributed by atoms with Crippen molar-refractivity contribution in [1.29, 1.82) is 0 Å². The maximum Gasteiger partial charge on any atom is 0.132 e. The summed E-state index contributed by atoms with van der Waals surface area (Å²) in [7, 11) is 0. The molecular weight excluding hydrogens is 292 g/mol. The van der Waals surface area contributed by atoms with Crippen molar-refractivity contribution in [3.8, 4) is 0 Å². The van der Waals surface area contributed by atoms with Gasteiger partial charge in [-0.05, 0) is 37.5 Å². The van der Waals surface area contributed by atoms with Crippen LogP contribution in [-0.4, -0.2) is 29.6 Å². The molecule has 0 aliphatic heterocycles. The highest BCUT2D eigenvalue weighted by molar-refractivity contribution is 5.81. The van der Waals surface area contributed by atoms with Gasteiger partial charge in [-0.1, -0.05) is 27.7 Å². The molecule has 23 heavy (non-hydrogen) atoms. The molecule has 0 spiro atoms. The molecule has 0 aliphatic rings. The SMILES string of the molecule is CC(C)(C=O)CCCC(=O)CCCC(=O)CCCC(C)(C)CO. The number of rotatable bonds is 14. The summed E-state index contributed by atoms with van der Waals surface area (Å²) < 4.78 is 0. The Labute approximate surface area is 141 Å². The first-order valence-corrected chi connectivity index (χ1v) is 8.72. The second-order valence-electron chi connectivity index (χ2n) is 8.07. The van der Waals surface area contributed by atoms with Gasteiger partial charge in [0.05, 0.1) is 0 Å². The van der Waals surface area contributed by atoms with Gasteiger partial charge >= 0.3 is 0 Å². The number of carbonyl (C=O) groups is 3. The molecule has 0 heterocycles. The maximum absolute atomic E-state index is 11.8. The molecule has 0 aromatic carbocycles. The van der Waals surface area contributed by atoms with Crippen molar-refractivity contribution in [2.45, 2.75) is 85.5 Å². The van der Waals surface area contributed by atoms with Crippen LogP contribution in [0.5, 0.6) is 0 Å². The third-order valence-corrected chi connectivity index (χ3v) is 4.24. The van der Waals surface area contributed by atoms with E-state index >= 15 is 0 Å². The Hall–Kier alpha value is -1.03. The Bertz CT molecular complexity index is 383. The van der Waals surface area contributed by atoms with Crippen LogP contribution in [0.3, 0.4) is 0 Å². The monoisotopic (exact) mass is 326 g/mol. The first kappa shape index (κ1) is 22.0. The maximum atomic E-state index is 11.8. The highest BCUT2D eigenvalue weighted by Gasteiger charge is 2.17. The van der Waals surface area contributed by atoms with E-state index in [0.717, 1.165) is 32.0 Å². The molecule has 0 radical (unpaired) electrons. The van der Waals surface area contributed by atoms with E-state index < -0.39 is 0 Å². The number of ketones is 2. The van der Waals surface area contributed by atoms with Crippen molar-refractivity contribution < 1.29 is 19.5 Å². The smallest absolute Gasteiger partial charge is 0.132 e. The van der Waals surface area contributed by atoms with Crippen LogP contribution in [-0.2, 0) is 14.4 Å². The summed E-state index contributed by atoms with van der Waals surface area (Å²) in [5.41, 5.74) is -0.468. The molecular formula is C19H34O4. The number of aldehydes is 1. The number of aliphatic hydroxyl groups excluding tert-OH is 1. The van der Waals surface area contributed by atoms with Crippen LogP contribution >= 0.6 is 0 Å². The molecule has 0 aromatic heterocycles. The first-order valence-electron chi connectivity index (χ1n) is 8.72. The zero-order valence-electron chi connectivity index (χ0n) is 15.3. The minimum Gasteiger partial charge on any atom is -0.396 e. The fraction of sp³-hybridized carbons (Fsp3) is 0.842. The van der Waals surface area contributed by atoms with Crippen molar-refractivity contribution in [2.24, 2.45) is 10.8 Å². The molecule has 0 bridgehead atoms. The van der Waals surface area contributed by atoms with Crippen LogP contribution in [0.25, 0.3) is 0 Å². The number of carbonyl (C=O) groups excluding carboxylic acids is 3. The molecule has 0 aromatic rings. The lowest BCUT2D eigenvalue weighted by molar-refractivity contribution is -0.121. The summed E-state index contributed by atoms with van der Waals surface area (Å²) in [6.07, 6.45) is 6.59.